The van der Waals surface area contributed by atoms with E-state index in [-0.39, 0.29) is 30.6 Å². The molecule has 0 amide bonds. The molecule has 0 aliphatic rings. The van der Waals surface area contributed by atoms with Gasteiger partial charge in [-0.25, -0.2) is 4.79 Å². The SMILES string of the molecule is CCC(C)OC(=O)OC(C)CN[C@@H](Cc1ccc(OC(=O)C(C)(C)C)c(OC(=O)C(C)(C)C)c1)C(=O)OC. The Balaban J connectivity index is 3.10. The van der Waals surface area contributed by atoms with Gasteiger partial charge in [-0.15, -0.1) is 0 Å². The van der Waals surface area contributed by atoms with E-state index in [1.54, 1.807) is 67.5 Å². The zero-order valence-corrected chi connectivity index (χ0v) is 24.3. The third-order valence-electron chi connectivity index (χ3n) is 5.39. The van der Waals surface area contributed by atoms with Gasteiger partial charge in [0.15, 0.2) is 11.5 Å². The van der Waals surface area contributed by atoms with Crippen LogP contribution in [0.3, 0.4) is 0 Å². The molecule has 0 fully saturated rings. The summed E-state index contributed by atoms with van der Waals surface area (Å²) in [6.07, 6.45) is -0.814. The molecule has 10 nitrogen and oxygen atoms in total. The van der Waals surface area contributed by atoms with Crippen LogP contribution in [0.25, 0.3) is 0 Å². The standard InChI is InChI=1S/C28H43NO9/c1-11-17(2)35-26(33)36-18(3)16-29-20(23(30)34-10)14-19-12-13-21(37-24(31)27(4,5)6)22(15-19)38-25(32)28(7,8)9/h12-13,15,17-18,20,29H,11,14,16H2,1-10H3/t17?,18?,20-/m0/s1. The first-order valence-electron chi connectivity index (χ1n) is 12.7. The summed E-state index contributed by atoms with van der Waals surface area (Å²) in [5, 5.41) is 3.04. The normalized spacial score (nSPS) is 14.1. The second-order valence-electron chi connectivity index (χ2n) is 11.3. The van der Waals surface area contributed by atoms with Gasteiger partial charge in [-0.1, -0.05) is 13.0 Å². The molecule has 38 heavy (non-hydrogen) atoms. The van der Waals surface area contributed by atoms with Crippen LogP contribution in [-0.2, 0) is 35.0 Å². The lowest BCUT2D eigenvalue weighted by atomic mass is 9.97. The highest BCUT2D eigenvalue weighted by Crippen LogP contribution is 2.33. The Kier molecular flexibility index (Phi) is 12.2. The summed E-state index contributed by atoms with van der Waals surface area (Å²) in [6.45, 7) is 15.7. The third kappa shape index (κ3) is 11.1. The van der Waals surface area contributed by atoms with Gasteiger partial charge in [0.2, 0.25) is 0 Å². The van der Waals surface area contributed by atoms with E-state index in [0.29, 0.717) is 12.0 Å². The van der Waals surface area contributed by atoms with E-state index in [0.717, 1.165) is 0 Å². The molecule has 0 saturated heterocycles. The van der Waals surface area contributed by atoms with Crippen molar-refractivity contribution in [1.82, 2.24) is 5.32 Å². The molecule has 1 rings (SSSR count). The first-order chi connectivity index (χ1) is 17.5. The van der Waals surface area contributed by atoms with Crippen LogP contribution in [0.4, 0.5) is 4.79 Å². The predicted molar refractivity (Wildman–Crippen MR) is 141 cm³/mol. The highest BCUT2D eigenvalue weighted by molar-refractivity contribution is 5.81. The number of hydrogen-bond acceptors (Lipinski definition) is 10. The fraction of sp³-hybridized carbons (Fsp3) is 0.643. The largest absolute Gasteiger partial charge is 0.508 e. The molecule has 0 aromatic heterocycles. The smallest absolute Gasteiger partial charge is 0.468 e. The second kappa shape index (κ2) is 14.1. The lowest BCUT2D eigenvalue weighted by Gasteiger charge is -2.22. The van der Waals surface area contributed by atoms with E-state index in [1.165, 1.54) is 13.2 Å². The summed E-state index contributed by atoms with van der Waals surface area (Å²) in [5.74, 6) is -1.38. The first-order valence-corrected chi connectivity index (χ1v) is 12.7. The Labute approximate surface area is 225 Å². The minimum absolute atomic E-state index is 0.0631. The zero-order valence-electron chi connectivity index (χ0n) is 24.3. The number of benzene rings is 1. The minimum Gasteiger partial charge on any atom is -0.468 e. The van der Waals surface area contributed by atoms with Crippen molar-refractivity contribution in [2.45, 2.75) is 93.4 Å². The van der Waals surface area contributed by atoms with Crippen molar-refractivity contribution < 1.29 is 42.9 Å². The molecule has 0 radical (unpaired) electrons. The first kappa shape index (κ1) is 32.9. The second-order valence-corrected chi connectivity index (χ2v) is 11.3. The van der Waals surface area contributed by atoms with Gasteiger partial charge in [-0.05, 0) is 85.9 Å². The molecule has 0 saturated carbocycles. The van der Waals surface area contributed by atoms with Crippen molar-refractivity contribution in [1.29, 1.82) is 0 Å². The van der Waals surface area contributed by atoms with Crippen LogP contribution in [-0.4, -0.2) is 56.0 Å². The molecular formula is C28H43NO9. The summed E-state index contributed by atoms with van der Waals surface area (Å²) in [6, 6.07) is 3.94. The molecule has 0 heterocycles. The van der Waals surface area contributed by atoms with E-state index in [9.17, 15) is 19.2 Å². The summed E-state index contributed by atoms with van der Waals surface area (Å²) in [4.78, 5) is 49.4. The number of carbonyl (C=O) groups is 4. The number of esters is 3. The van der Waals surface area contributed by atoms with Crippen molar-refractivity contribution >= 4 is 24.1 Å². The Bertz CT molecular complexity index is 976. The lowest BCUT2D eigenvalue weighted by Crippen LogP contribution is -2.43. The molecule has 0 aliphatic heterocycles. The average Bonchev–Trinajstić information content (AvgIpc) is 2.81. The molecule has 10 heteroatoms. The summed E-state index contributed by atoms with van der Waals surface area (Å²) >= 11 is 0. The molecule has 0 aliphatic carbocycles. The van der Waals surface area contributed by atoms with Crippen LogP contribution >= 0.6 is 0 Å². The highest BCUT2D eigenvalue weighted by Gasteiger charge is 2.29. The van der Waals surface area contributed by atoms with Crippen molar-refractivity contribution in [3.63, 3.8) is 0 Å². The maximum absolute atomic E-state index is 12.6. The fourth-order valence-electron chi connectivity index (χ4n) is 2.76. The summed E-state index contributed by atoms with van der Waals surface area (Å²) in [5.41, 5.74) is -0.960. The van der Waals surface area contributed by atoms with Crippen LogP contribution in [0.1, 0.15) is 74.3 Å². The van der Waals surface area contributed by atoms with Gasteiger partial charge in [-0.3, -0.25) is 14.4 Å². The van der Waals surface area contributed by atoms with E-state index in [1.807, 2.05) is 6.92 Å². The Morgan fingerprint density at radius 3 is 1.87 bits per heavy atom. The molecule has 1 aromatic rings. The van der Waals surface area contributed by atoms with E-state index < -0.39 is 47.0 Å². The Hall–Kier alpha value is -3.14. The lowest BCUT2D eigenvalue weighted by molar-refractivity contribution is -0.145. The summed E-state index contributed by atoms with van der Waals surface area (Å²) in [7, 11) is 1.27. The third-order valence-corrected chi connectivity index (χ3v) is 5.39. The summed E-state index contributed by atoms with van der Waals surface area (Å²) < 4.78 is 26.4. The molecule has 0 spiro atoms. The van der Waals surface area contributed by atoms with Gasteiger partial charge in [0, 0.05) is 6.54 Å². The van der Waals surface area contributed by atoms with Gasteiger partial charge in [-0.2, -0.15) is 0 Å². The molecule has 0 bridgehead atoms. The monoisotopic (exact) mass is 537 g/mol. The quantitative estimate of drug-likeness (QED) is 0.316. The topological polar surface area (TPSA) is 126 Å². The van der Waals surface area contributed by atoms with Crippen LogP contribution in [0.2, 0.25) is 0 Å². The molecule has 1 N–H and O–H groups in total. The number of methoxy groups -OCH3 is 1. The maximum atomic E-state index is 12.6. The molecule has 3 atom stereocenters. The molecular weight excluding hydrogens is 494 g/mol. The van der Waals surface area contributed by atoms with Crippen LogP contribution in [0, 0.1) is 10.8 Å². The van der Waals surface area contributed by atoms with Crippen LogP contribution in [0.5, 0.6) is 11.5 Å². The molecule has 214 valence electrons. The van der Waals surface area contributed by atoms with Crippen molar-refractivity contribution in [2.75, 3.05) is 13.7 Å². The minimum atomic E-state index is -0.802. The Morgan fingerprint density at radius 2 is 1.37 bits per heavy atom. The molecule has 1 aromatic carbocycles. The van der Waals surface area contributed by atoms with E-state index in [2.05, 4.69) is 5.32 Å². The number of carbonyl (C=O) groups excluding carboxylic acids is 4. The highest BCUT2D eigenvalue weighted by atomic mass is 16.7. The van der Waals surface area contributed by atoms with Crippen LogP contribution < -0.4 is 14.8 Å². The number of hydrogen-bond donors (Lipinski definition) is 1. The number of rotatable bonds is 11. The van der Waals surface area contributed by atoms with Crippen LogP contribution in [0.15, 0.2) is 18.2 Å². The maximum Gasteiger partial charge on any atom is 0.508 e. The van der Waals surface area contributed by atoms with Gasteiger partial charge < -0.3 is 29.0 Å². The van der Waals surface area contributed by atoms with E-state index in [4.69, 9.17) is 23.7 Å². The van der Waals surface area contributed by atoms with Crippen molar-refractivity contribution in [2.24, 2.45) is 10.8 Å². The van der Waals surface area contributed by atoms with Gasteiger partial charge >= 0.3 is 24.1 Å². The number of ether oxygens (including phenoxy) is 5. The molecule has 2 unspecified atom stereocenters. The number of nitrogens with one attached hydrogen (secondary N) is 1. The van der Waals surface area contributed by atoms with Gasteiger partial charge in [0.25, 0.3) is 0 Å². The zero-order chi connectivity index (χ0) is 29.3. The predicted octanol–water partition coefficient (Wildman–Crippen LogP) is 4.60. The van der Waals surface area contributed by atoms with Crippen molar-refractivity contribution in [3.05, 3.63) is 23.8 Å². The average molecular weight is 538 g/mol. The fourth-order valence-corrected chi connectivity index (χ4v) is 2.76. The van der Waals surface area contributed by atoms with Crippen molar-refractivity contribution in [3.8, 4) is 11.5 Å². The van der Waals surface area contributed by atoms with E-state index >= 15 is 0 Å². The van der Waals surface area contributed by atoms with Gasteiger partial charge in [0.1, 0.15) is 18.2 Å². The van der Waals surface area contributed by atoms with Gasteiger partial charge in [0.05, 0.1) is 17.9 Å². The Morgan fingerprint density at radius 1 is 0.842 bits per heavy atom.